The standard InChI is InChI=1S/C16H27N3O/c1-6-9-17-15-14(8-7-10-18-15)16(20)19(5)13(4)11-12(2)3/h7-8,10,12-13H,6,9,11H2,1-5H3,(H,17,18). The Kier molecular flexibility index (Phi) is 6.49. The van der Waals surface area contributed by atoms with Gasteiger partial charge in [-0.25, -0.2) is 4.98 Å². The molecular formula is C16H27N3O. The van der Waals surface area contributed by atoms with Crippen molar-refractivity contribution in [1.29, 1.82) is 0 Å². The number of nitrogens with one attached hydrogen (secondary N) is 1. The van der Waals surface area contributed by atoms with Crippen molar-refractivity contribution in [2.24, 2.45) is 5.92 Å². The number of amides is 1. The smallest absolute Gasteiger partial charge is 0.257 e. The van der Waals surface area contributed by atoms with E-state index in [1.165, 1.54) is 0 Å². The maximum absolute atomic E-state index is 12.6. The first-order valence-electron chi connectivity index (χ1n) is 7.43. The lowest BCUT2D eigenvalue weighted by Gasteiger charge is -2.27. The minimum Gasteiger partial charge on any atom is -0.369 e. The van der Waals surface area contributed by atoms with Gasteiger partial charge in [0.25, 0.3) is 5.91 Å². The van der Waals surface area contributed by atoms with Crippen LogP contribution in [-0.2, 0) is 0 Å². The van der Waals surface area contributed by atoms with Crippen molar-refractivity contribution in [2.45, 2.75) is 46.6 Å². The average molecular weight is 277 g/mol. The maximum atomic E-state index is 12.6. The van der Waals surface area contributed by atoms with E-state index < -0.39 is 0 Å². The van der Waals surface area contributed by atoms with Crippen molar-refractivity contribution in [3.05, 3.63) is 23.9 Å². The summed E-state index contributed by atoms with van der Waals surface area (Å²) in [4.78, 5) is 18.7. The summed E-state index contributed by atoms with van der Waals surface area (Å²) in [6, 6.07) is 3.87. The zero-order valence-electron chi connectivity index (χ0n) is 13.3. The Morgan fingerprint density at radius 3 is 2.70 bits per heavy atom. The maximum Gasteiger partial charge on any atom is 0.257 e. The Labute approximate surface area is 122 Å². The molecule has 1 atom stereocenters. The van der Waals surface area contributed by atoms with Crippen molar-refractivity contribution in [1.82, 2.24) is 9.88 Å². The summed E-state index contributed by atoms with van der Waals surface area (Å²) < 4.78 is 0. The fraction of sp³-hybridized carbons (Fsp3) is 0.625. The molecule has 0 aliphatic carbocycles. The average Bonchev–Trinajstić information content (AvgIpc) is 2.43. The molecule has 0 aromatic carbocycles. The molecule has 0 bridgehead atoms. The van der Waals surface area contributed by atoms with Crippen molar-refractivity contribution < 1.29 is 4.79 Å². The molecule has 1 aromatic heterocycles. The summed E-state index contributed by atoms with van der Waals surface area (Å²) in [5.74, 6) is 1.29. The van der Waals surface area contributed by atoms with Crippen LogP contribution < -0.4 is 5.32 Å². The Hall–Kier alpha value is -1.58. The zero-order chi connectivity index (χ0) is 15.1. The molecule has 112 valence electrons. The topological polar surface area (TPSA) is 45.2 Å². The van der Waals surface area contributed by atoms with E-state index in [0.29, 0.717) is 17.3 Å². The van der Waals surface area contributed by atoms with E-state index in [-0.39, 0.29) is 11.9 Å². The lowest BCUT2D eigenvalue weighted by Crippen LogP contribution is -2.36. The number of aromatic nitrogens is 1. The molecule has 0 saturated heterocycles. The van der Waals surface area contributed by atoms with E-state index in [9.17, 15) is 4.79 Å². The fourth-order valence-corrected chi connectivity index (χ4v) is 2.19. The number of nitrogens with zero attached hydrogens (tertiary/aromatic N) is 2. The van der Waals surface area contributed by atoms with E-state index in [0.717, 1.165) is 19.4 Å². The lowest BCUT2D eigenvalue weighted by atomic mass is 10.0. The molecule has 0 radical (unpaired) electrons. The molecule has 0 aliphatic rings. The largest absolute Gasteiger partial charge is 0.369 e. The Morgan fingerprint density at radius 1 is 1.40 bits per heavy atom. The second-order valence-electron chi connectivity index (χ2n) is 5.72. The first-order valence-corrected chi connectivity index (χ1v) is 7.43. The highest BCUT2D eigenvalue weighted by molar-refractivity contribution is 5.98. The van der Waals surface area contributed by atoms with Crippen LogP contribution in [0.1, 0.15) is 50.9 Å². The normalized spacial score (nSPS) is 12.3. The van der Waals surface area contributed by atoms with Crippen LogP contribution >= 0.6 is 0 Å². The van der Waals surface area contributed by atoms with Gasteiger partial charge in [-0.1, -0.05) is 20.8 Å². The van der Waals surface area contributed by atoms with Crippen LogP contribution in [0, 0.1) is 5.92 Å². The molecule has 4 nitrogen and oxygen atoms in total. The van der Waals surface area contributed by atoms with Gasteiger partial charge >= 0.3 is 0 Å². The van der Waals surface area contributed by atoms with Gasteiger partial charge in [-0.2, -0.15) is 0 Å². The van der Waals surface area contributed by atoms with Crippen LogP contribution in [0.25, 0.3) is 0 Å². The van der Waals surface area contributed by atoms with Gasteiger partial charge in [-0.05, 0) is 37.8 Å². The molecule has 1 N–H and O–H groups in total. The highest BCUT2D eigenvalue weighted by Gasteiger charge is 2.21. The SMILES string of the molecule is CCCNc1ncccc1C(=O)N(C)C(C)CC(C)C. The summed E-state index contributed by atoms with van der Waals surface area (Å²) in [5, 5.41) is 3.22. The molecule has 1 unspecified atom stereocenters. The van der Waals surface area contributed by atoms with Gasteiger partial charge in [-0.15, -0.1) is 0 Å². The molecular weight excluding hydrogens is 250 g/mol. The highest BCUT2D eigenvalue weighted by Crippen LogP contribution is 2.17. The summed E-state index contributed by atoms with van der Waals surface area (Å²) >= 11 is 0. The summed E-state index contributed by atoms with van der Waals surface area (Å²) in [6.45, 7) is 9.35. The van der Waals surface area contributed by atoms with Crippen LogP contribution in [-0.4, -0.2) is 35.4 Å². The second-order valence-corrected chi connectivity index (χ2v) is 5.72. The summed E-state index contributed by atoms with van der Waals surface area (Å²) in [7, 11) is 1.87. The monoisotopic (exact) mass is 277 g/mol. The number of rotatable bonds is 7. The van der Waals surface area contributed by atoms with Crippen molar-refractivity contribution in [3.63, 3.8) is 0 Å². The Bertz CT molecular complexity index is 431. The first kappa shape index (κ1) is 16.5. The summed E-state index contributed by atoms with van der Waals surface area (Å²) in [5.41, 5.74) is 0.652. The van der Waals surface area contributed by atoms with Gasteiger partial charge in [0.2, 0.25) is 0 Å². The number of carbonyl (C=O) groups excluding carboxylic acids is 1. The highest BCUT2D eigenvalue weighted by atomic mass is 16.2. The molecule has 1 amide bonds. The van der Waals surface area contributed by atoms with Gasteiger partial charge < -0.3 is 10.2 Å². The molecule has 0 saturated carbocycles. The van der Waals surface area contributed by atoms with Gasteiger partial charge in [0, 0.05) is 25.8 Å². The van der Waals surface area contributed by atoms with Crippen molar-refractivity contribution >= 4 is 11.7 Å². The van der Waals surface area contributed by atoms with Crippen LogP contribution in [0.3, 0.4) is 0 Å². The minimum atomic E-state index is 0.0323. The van der Waals surface area contributed by atoms with Crippen LogP contribution in [0.4, 0.5) is 5.82 Å². The molecule has 1 heterocycles. The first-order chi connectivity index (χ1) is 9.47. The number of anilines is 1. The van der Waals surface area contributed by atoms with Crippen LogP contribution in [0.5, 0.6) is 0 Å². The molecule has 0 fully saturated rings. The molecule has 0 spiro atoms. The van der Waals surface area contributed by atoms with Gasteiger partial charge in [0.15, 0.2) is 0 Å². The van der Waals surface area contributed by atoms with Gasteiger partial charge in [-0.3, -0.25) is 4.79 Å². The van der Waals surface area contributed by atoms with E-state index in [1.54, 1.807) is 6.20 Å². The van der Waals surface area contributed by atoms with Gasteiger partial charge in [0.1, 0.15) is 5.82 Å². The molecule has 20 heavy (non-hydrogen) atoms. The summed E-state index contributed by atoms with van der Waals surface area (Å²) in [6.07, 6.45) is 3.72. The lowest BCUT2D eigenvalue weighted by molar-refractivity contribution is 0.0729. The number of pyridine rings is 1. The Balaban J connectivity index is 2.85. The number of carbonyl (C=O) groups is 1. The molecule has 1 rings (SSSR count). The third-order valence-corrected chi connectivity index (χ3v) is 3.37. The minimum absolute atomic E-state index is 0.0323. The predicted molar refractivity (Wildman–Crippen MR) is 84.0 cm³/mol. The fourth-order valence-electron chi connectivity index (χ4n) is 2.19. The van der Waals surface area contributed by atoms with Gasteiger partial charge in [0.05, 0.1) is 5.56 Å². The van der Waals surface area contributed by atoms with E-state index in [4.69, 9.17) is 0 Å². The quantitative estimate of drug-likeness (QED) is 0.830. The van der Waals surface area contributed by atoms with Crippen molar-refractivity contribution in [2.75, 3.05) is 18.9 Å². The molecule has 4 heteroatoms. The van der Waals surface area contributed by atoms with Crippen molar-refractivity contribution in [3.8, 4) is 0 Å². The van der Waals surface area contributed by atoms with Crippen LogP contribution in [0.2, 0.25) is 0 Å². The van der Waals surface area contributed by atoms with E-state index in [1.807, 2.05) is 24.1 Å². The van der Waals surface area contributed by atoms with E-state index >= 15 is 0 Å². The number of hydrogen-bond donors (Lipinski definition) is 1. The molecule has 0 aliphatic heterocycles. The zero-order valence-corrected chi connectivity index (χ0v) is 13.3. The van der Waals surface area contributed by atoms with E-state index in [2.05, 4.69) is 38.0 Å². The third kappa shape index (κ3) is 4.51. The van der Waals surface area contributed by atoms with Crippen LogP contribution in [0.15, 0.2) is 18.3 Å². The Morgan fingerprint density at radius 2 is 2.10 bits per heavy atom. The second kappa shape index (κ2) is 7.88. The molecule has 1 aromatic rings. The third-order valence-electron chi connectivity index (χ3n) is 3.37. The predicted octanol–water partition coefficient (Wildman–Crippen LogP) is 3.41. The number of hydrogen-bond acceptors (Lipinski definition) is 3.